The average molecular weight is 272 g/mol. The van der Waals surface area contributed by atoms with Crippen molar-refractivity contribution in [2.45, 2.75) is 32.9 Å². The molecule has 2 heterocycles. The molecule has 2 rings (SSSR count). The summed E-state index contributed by atoms with van der Waals surface area (Å²) in [6.45, 7) is 5.70. The third-order valence-electron chi connectivity index (χ3n) is 2.44. The first-order chi connectivity index (χ1) is 9.37. The molecular formula is C14H16N4O2. The van der Waals surface area contributed by atoms with E-state index in [1.165, 1.54) is 0 Å². The lowest BCUT2D eigenvalue weighted by molar-refractivity contribution is 0.0523. The number of nitriles is 1. The summed E-state index contributed by atoms with van der Waals surface area (Å²) in [7, 11) is 0. The molecule has 0 fully saturated rings. The maximum Gasteiger partial charge on any atom is 0.407 e. The zero-order chi connectivity index (χ0) is 14.8. The highest BCUT2D eigenvalue weighted by atomic mass is 16.6. The fraction of sp³-hybridized carbons (Fsp3) is 0.357. The Morgan fingerprint density at radius 2 is 2.20 bits per heavy atom. The second kappa shape index (κ2) is 5.21. The van der Waals surface area contributed by atoms with Gasteiger partial charge >= 0.3 is 6.09 Å². The number of imidazole rings is 1. The van der Waals surface area contributed by atoms with Crippen molar-refractivity contribution in [1.82, 2.24) is 14.7 Å². The highest BCUT2D eigenvalue weighted by molar-refractivity contribution is 5.67. The normalized spacial score (nSPS) is 11.1. The van der Waals surface area contributed by atoms with Crippen molar-refractivity contribution in [2.75, 3.05) is 0 Å². The highest BCUT2D eigenvalue weighted by Gasteiger charge is 2.16. The van der Waals surface area contributed by atoms with Gasteiger partial charge in [0, 0.05) is 12.4 Å². The van der Waals surface area contributed by atoms with Crippen LogP contribution in [-0.2, 0) is 11.3 Å². The third-order valence-corrected chi connectivity index (χ3v) is 2.44. The third kappa shape index (κ3) is 3.48. The Hall–Kier alpha value is -2.55. The summed E-state index contributed by atoms with van der Waals surface area (Å²) in [5.74, 6) is 0. The second-order valence-corrected chi connectivity index (χ2v) is 5.38. The predicted molar refractivity (Wildman–Crippen MR) is 73.0 cm³/mol. The fourth-order valence-corrected chi connectivity index (χ4v) is 1.67. The highest BCUT2D eigenvalue weighted by Crippen LogP contribution is 2.09. The smallest absolute Gasteiger partial charge is 0.407 e. The molecule has 20 heavy (non-hydrogen) atoms. The van der Waals surface area contributed by atoms with Gasteiger partial charge in [0.15, 0.2) is 0 Å². The molecule has 0 aliphatic heterocycles. The number of nitrogens with zero attached hydrogens (tertiary/aromatic N) is 3. The monoisotopic (exact) mass is 272 g/mol. The van der Waals surface area contributed by atoms with Crippen molar-refractivity contribution in [2.24, 2.45) is 0 Å². The molecule has 2 aromatic heterocycles. The number of carbonyl (C=O) groups is 1. The summed E-state index contributed by atoms with van der Waals surface area (Å²) >= 11 is 0. The van der Waals surface area contributed by atoms with E-state index in [9.17, 15) is 4.79 Å². The number of pyridine rings is 1. The van der Waals surface area contributed by atoms with Crippen LogP contribution in [0.5, 0.6) is 0 Å². The number of amides is 1. The van der Waals surface area contributed by atoms with E-state index < -0.39 is 11.7 Å². The van der Waals surface area contributed by atoms with Gasteiger partial charge < -0.3 is 14.5 Å². The Balaban J connectivity index is 2.04. The average Bonchev–Trinajstić information content (AvgIpc) is 2.75. The van der Waals surface area contributed by atoms with E-state index in [0.717, 1.165) is 5.65 Å². The summed E-state index contributed by atoms with van der Waals surface area (Å²) in [6.07, 6.45) is 2.99. The lowest BCUT2D eigenvalue weighted by atomic mass is 10.2. The molecule has 2 aromatic rings. The van der Waals surface area contributed by atoms with Crippen molar-refractivity contribution in [1.29, 1.82) is 5.26 Å². The Morgan fingerprint density at radius 3 is 2.85 bits per heavy atom. The summed E-state index contributed by atoms with van der Waals surface area (Å²) in [5, 5.41) is 11.5. The minimum atomic E-state index is -0.523. The molecule has 6 heteroatoms. The number of hydrogen-bond donors (Lipinski definition) is 1. The summed E-state index contributed by atoms with van der Waals surface area (Å²) in [5.41, 5.74) is 1.46. The minimum Gasteiger partial charge on any atom is -0.444 e. The molecule has 0 unspecified atom stereocenters. The fourth-order valence-electron chi connectivity index (χ4n) is 1.67. The van der Waals surface area contributed by atoms with Gasteiger partial charge in [0.2, 0.25) is 0 Å². The molecule has 6 nitrogen and oxygen atoms in total. The number of carbonyl (C=O) groups excluding carboxylic acids is 1. The number of alkyl carbamates (subject to hydrolysis) is 1. The summed E-state index contributed by atoms with van der Waals surface area (Å²) in [6, 6.07) is 5.53. The van der Waals surface area contributed by atoms with E-state index in [0.29, 0.717) is 11.3 Å². The molecular weight excluding hydrogens is 256 g/mol. The number of nitrogens with one attached hydrogen (secondary N) is 1. The van der Waals surface area contributed by atoms with Gasteiger partial charge in [-0.25, -0.2) is 9.78 Å². The Bertz CT molecular complexity index is 677. The molecule has 1 amide bonds. The quantitative estimate of drug-likeness (QED) is 0.909. The first-order valence-corrected chi connectivity index (χ1v) is 6.22. The van der Waals surface area contributed by atoms with Crippen molar-refractivity contribution < 1.29 is 9.53 Å². The molecule has 0 saturated heterocycles. The molecule has 104 valence electrons. The van der Waals surface area contributed by atoms with Crippen LogP contribution >= 0.6 is 0 Å². The first-order valence-electron chi connectivity index (χ1n) is 6.22. The molecule has 0 bridgehead atoms. The van der Waals surface area contributed by atoms with Gasteiger partial charge in [0.1, 0.15) is 17.3 Å². The number of fused-ring (bicyclic) bond motifs is 1. The van der Waals surface area contributed by atoms with E-state index in [2.05, 4.69) is 16.4 Å². The van der Waals surface area contributed by atoms with Gasteiger partial charge in [-0.3, -0.25) is 0 Å². The number of aromatic nitrogens is 2. The first kappa shape index (κ1) is 13.9. The number of rotatable bonds is 2. The van der Waals surface area contributed by atoms with Crippen LogP contribution < -0.4 is 5.32 Å². The van der Waals surface area contributed by atoms with Crippen LogP contribution in [0.4, 0.5) is 4.79 Å². The Labute approximate surface area is 117 Å². The van der Waals surface area contributed by atoms with Gasteiger partial charge in [-0.2, -0.15) is 5.26 Å². The van der Waals surface area contributed by atoms with Crippen molar-refractivity contribution in [3.8, 4) is 6.07 Å². The largest absolute Gasteiger partial charge is 0.444 e. The zero-order valence-corrected chi connectivity index (χ0v) is 11.7. The molecule has 0 aromatic carbocycles. The van der Waals surface area contributed by atoms with E-state index >= 15 is 0 Å². The molecule has 0 aliphatic rings. The van der Waals surface area contributed by atoms with Gasteiger partial charge in [-0.1, -0.05) is 0 Å². The lowest BCUT2D eigenvalue weighted by Crippen LogP contribution is -2.32. The van der Waals surface area contributed by atoms with Gasteiger partial charge in [0.25, 0.3) is 0 Å². The molecule has 0 aliphatic carbocycles. The zero-order valence-electron chi connectivity index (χ0n) is 11.7. The van der Waals surface area contributed by atoms with Crippen LogP contribution in [0.15, 0.2) is 24.5 Å². The van der Waals surface area contributed by atoms with Crippen LogP contribution in [0.3, 0.4) is 0 Å². The maximum absolute atomic E-state index is 11.5. The molecule has 0 radical (unpaired) electrons. The number of ether oxygens (including phenoxy) is 1. The van der Waals surface area contributed by atoms with Crippen LogP contribution in [0.1, 0.15) is 32.0 Å². The van der Waals surface area contributed by atoms with Crippen LogP contribution in [0.2, 0.25) is 0 Å². The SMILES string of the molecule is CC(C)(C)OC(=O)NCc1cn2cc(C#N)ccc2n1. The molecule has 0 atom stereocenters. The minimum absolute atomic E-state index is 0.276. The van der Waals surface area contributed by atoms with Gasteiger partial charge in [-0.15, -0.1) is 0 Å². The standard InChI is InChI=1S/C14H16N4O2/c1-14(2,3)20-13(19)16-7-11-9-18-8-10(6-15)4-5-12(18)17-11/h4-5,8-9H,7H2,1-3H3,(H,16,19). The summed E-state index contributed by atoms with van der Waals surface area (Å²) < 4.78 is 6.90. The van der Waals surface area contributed by atoms with Crippen LogP contribution in [0.25, 0.3) is 5.65 Å². The van der Waals surface area contributed by atoms with Gasteiger partial charge in [0.05, 0.1) is 17.8 Å². The van der Waals surface area contributed by atoms with E-state index in [-0.39, 0.29) is 6.54 Å². The predicted octanol–water partition coefficient (Wildman–Crippen LogP) is 2.23. The maximum atomic E-state index is 11.5. The molecule has 0 spiro atoms. The lowest BCUT2D eigenvalue weighted by Gasteiger charge is -2.19. The topological polar surface area (TPSA) is 79.4 Å². The van der Waals surface area contributed by atoms with Crippen LogP contribution in [-0.4, -0.2) is 21.1 Å². The second-order valence-electron chi connectivity index (χ2n) is 5.38. The van der Waals surface area contributed by atoms with E-state index in [1.54, 1.807) is 49.7 Å². The number of hydrogen-bond acceptors (Lipinski definition) is 4. The Kier molecular flexibility index (Phi) is 3.61. The van der Waals surface area contributed by atoms with E-state index in [4.69, 9.17) is 10.00 Å². The molecule has 1 N–H and O–H groups in total. The Morgan fingerprint density at radius 1 is 1.45 bits per heavy atom. The van der Waals surface area contributed by atoms with Crippen molar-refractivity contribution in [3.63, 3.8) is 0 Å². The van der Waals surface area contributed by atoms with Crippen molar-refractivity contribution in [3.05, 3.63) is 35.8 Å². The van der Waals surface area contributed by atoms with Crippen LogP contribution in [0, 0.1) is 11.3 Å². The van der Waals surface area contributed by atoms with Gasteiger partial charge in [-0.05, 0) is 32.9 Å². The molecule has 0 saturated carbocycles. The van der Waals surface area contributed by atoms with Crippen molar-refractivity contribution >= 4 is 11.7 Å². The summed E-state index contributed by atoms with van der Waals surface area (Å²) in [4.78, 5) is 15.9. The van der Waals surface area contributed by atoms with E-state index in [1.807, 2.05) is 0 Å².